The van der Waals surface area contributed by atoms with E-state index >= 15 is 0 Å². The normalized spacial score (nSPS) is 12.8. The number of anilines is 1. The Morgan fingerprint density at radius 2 is 1.94 bits per heavy atom. The molecule has 7 nitrogen and oxygen atoms in total. The highest BCUT2D eigenvalue weighted by atomic mass is 32.2. The zero-order valence-corrected chi connectivity index (χ0v) is 19.1. The van der Waals surface area contributed by atoms with Crippen molar-refractivity contribution in [2.24, 2.45) is 5.92 Å². The van der Waals surface area contributed by atoms with E-state index < -0.39 is 12.6 Å². The van der Waals surface area contributed by atoms with Crippen LogP contribution < -0.4 is 5.32 Å². The van der Waals surface area contributed by atoms with Gasteiger partial charge >= 0.3 is 5.97 Å². The van der Waals surface area contributed by atoms with Crippen molar-refractivity contribution in [1.29, 1.82) is 5.26 Å². The van der Waals surface area contributed by atoms with Crippen LogP contribution in [0.3, 0.4) is 0 Å². The lowest BCUT2D eigenvalue weighted by Crippen LogP contribution is -2.16. The molecule has 0 saturated heterocycles. The summed E-state index contributed by atoms with van der Waals surface area (Å²) in [6.07, 6.45) is 4.23. The molecule has 1 fully saturated rings. The summed E-state index contributed by atoms with van der Waals surface area (Å²) >= 11 is 1.30. The van der Waals surface area contributed by atoms with Crippen molar-refractivity contribution in [3.05, 3.63) is 52.7 Å². The minimum absolute atomic E-state index is 0.0890. The lowest BCUT2D eigenvalue weighted by molar-refractivity contribution is -0.116. The maximum atomic E-state index is 12.7. The first-order chi connectivity index (χ1) is 15.3. The average Bonchev–Trinajstić information content (AvgIpc) is 3.61. The minimum atomic E-state index is -0.716. The van der Waals surface area contributed by atoms with Crippen LogP contribution in [0.5, 0.6) is 0 Å². The van der Waals surface area contributed by atoms with Gasteiger partial charge < -0.3 is 10.1 Å². The molecule has 2 aromatic rings. The number of hydrogen-bond donors (Lipinski definition) is 1. The van der Waals surface area contributed by atoms with Gasteiger partial charge in [-0.25, -0.2) is 9.78 Å². The Labute approximate surface area is 191 Å². The third kappa shape index (κ3) is 5.95. The number of nitriles is 1. The molecule has 166 valence electrons. The summed E-state index contributed by atoms with van der Waals surface area (Å²) in [5.41, 5.74) is 2.04. The fourth-order valence-corrected chi connectivity index (χ4v) is 3.72. The zero-order chi connectivity index (χ0) is 23.3. The predicted octanol–water partition coefficient (Wildman–Crippen LogP) is 4.58. The fourth-order valence-electron chi connectivity index (χ4n) is 3.16. The van der Waals surface area contributed by atoms with Crippen LogP contribution >= 0.6 is 11.8 Å². The summed E-state index contributed by atoms with van der Waals surface area (Å²) in [4.78, 5) is 41.5. The number of benzene rings is 1. The van der Waals surface area contributed by atoms with E-state index in [9.17, 15) is 19.6 Å². The van der Waals surface area contributed by atoms with Crippen LogP contribution in [-0.2, 0) is 9.53 Å². The summed E-state index contributed by atoms with van der Waals surface area (Å²) in [7, 11) is 0. The van der Waals surface area contributed by atoms with E-state index in [0.29, 0.717) is 28.6 Å². The molecule has 1 aromatic carbocycles. The summed E-state index contributed by atoms with van der Waals surface area (Å²) in [6.45, 7) is 3.48. The molecule has 0 aliphatic heterocycles. The van der Waals surface area contributed by atoms with Gasteiger partial charge in [0.2, 0.25) is 5.91 Å². The Balaban J connectivity index is 1.65. The van der Waals surface area contributed by atoms with Crippen LogP contribution in [0.15, 0.2) is 35.4 Å². The second-order valence-corrected chi connectivity index (χ2v) is 8.88. The van der Waals surface area contributed by atoms with Crippen LogP contribution in [0.2, 0.25) is 0 Å². The Morgan fingerprint density at radius 1 is 1.25 bits per heavy atom. The maximum Gasteiger partial charge on any atom is 0.340 e. The second-order valence-electron chi connectivity index (χ2n) is 8.09. The molecule has 8 heteroatoms. The van der Waals surface area contributed by atoms with Crippen molar-refractivity contribution >= 4 is 35.1 Å². The van der Waals surface area contributed by atoms with Crippen molar-refractivity contribution in [3.8, 4) is 6.07 Å². The third-order valence-electron chi connectivity index (χ3n) is 4.95. The number of carbonyl (C=O) groups is 3. The molecule has 0 atom stereocenters. The van der Waals surface area contributed by atoms with E-state index in [4.69, 9.17) is 4.74 Å². The number of carbonyl (C=O) groups excluding carboxylic acids is 3. The number of thioether (sulfide) groups is 1. The predicted molar refractivity (Wildman–Crippen MR) is 122 cm³/mol. The standard InChI is InChI=1S/C24H25N3O4S/c1-14(2)10-22(29)26-17-8-6-16(7-9-17)21(28)13-31-24(30)18-11-20(15-4-5-15)27-23(32-3)19(18)12-25/h6-9,11,14-15H,4-5,10,13H2,1-3H3,(H,26,29). The first kappa shape index (κ1) is 23.5. The number of aromatic nitrogens is 1. The van der Waals surface area contributed by atoms with E-state index in [1.807, 2.05) is 19.9 Å². The van der Waals surface area contributed by atoms with Gasteiger partial charge in [0.15, 0.2) is 12.4 Å². The van der Waals surface area contributed by atoms with E-state index in [1.54, 1.807) is 36.6 Å². The Kier molecular flexibility index (Phi) is 7.65. The van der Waals surface area contributed by atoms with Crippen molar-refractivity contribution in [2.75, 3.05) is 18.2 Å². The third-order valence-corrected chi connectivity index (χ3v) is 5.63. The smallest absolute Gasteiger partial charge is 0.340 e. The van der Waals surface area contributed by atoms with Gasteiger partial charge in [0, 0.05) is 29.3 Å². The van der Waals surface area contributed by atoms with Crippen molar-refractivity contribution in [2.45, 2.75) is 44.1 Å². The first-order valence-electron chi connectivity index (χ1n) is 10.4. The summed E-state index contributed by atoms with van der Waals surface area (Å²) in [6, 6.07) is 10.1. The van der Waals surface area contributed by atoms with Gasteiger partial charge in [0.05, 0.1) is 11.1 Å². The number of amides is 1. The molecule has 3 rings (SSSR count). The number of esters is 1. The zero-order valence-electron chi connectivity index (χ0n) is 18.3. The minimum Gasteiger partial charge on any atom is -0.454 e. The molecule has 1 aromatic heterocycles. The SMILES string of the molecule is CSc1nc(C2CC2)cc(C(=O)OCC(=O)c2ccc(NC(=O)CC(C)C)cc2)c1C#N. The lowest BCUT2D eigenvalue weighted by atomic mass is 10.1. The summed E-state index contributed by atoms with van der Waals surface area (Å²) in [5, 5.41) is 12.8. The van der Waals surface area contributed by atoms with Crippen LogP contribution in [0.25, 0.3) is 0 Å². The van der Waals surface area contributed by atoms with Gasteiger partial charge in [-0.15, -0.1) is 11.8 Å². The first-order valence-corrected chi connectivity index (χ1v) is 11.6. The van der Waals surface area contributed by atoms with Crippen molar-refractivity contribution < 1.29 is 19.1 Å². The molecule has 1 aliphatic carbocycles. The highest BCUT2D eigenvalue weighted by Crippen LogP contribution is 2.40. The number of rotatable bonds is 9. The van der Waals surface area contributed by atoms with Crippen LogP contribution in [0.1, 0.15) is 71.0 Å². The molecule has 1 amide bonds. The van der Waals surface area contributed by atoms with Gasteiger partial charge in [-0.05, 0) is 55.3 Å². The van der Waals surface area contributed by atoms with E-state index in [0.717, 1.165) is 18.5 Å². The maximum absolute atomic E-state index is 12.7. The van der Waals surface area contributed by atoms with Crippen LogP contribution in [0, 0.1) is 17.2 Å². The molecule has 1 saturated carbocycles. The Morgan fingerprint density at radius 3 is 2.50 bits per heavy atom. The Hall–Kier alpha value is -3.18. The van der Waals surface area contributed by atoms with E-state index in [2.05, 4.69) is 10.3 Å². The molecule has 1 aliphatic rings. The number of Topliss-reactive ketones (excluding diaryl/α,β-unsaturated/α-hetero) is 1. The van der Waals surface area contributed by atoms with Crippen LogP contribution in [-0.4, -0.2) is 35.5 Å². The quantitative estimate of drug-likeness (QED) is 0.338. The molecule has 0 spiro atoms. The van der Waals surface area contributed by atoms with E-state index in [-0.39, 0.29) is 28.7 Å². The highest BCUT2D eigenvalue weighted by molar-refractivity contribution is 7.98. The fraction of sp³-hybridized carbons (Fsp3) is 0.375. The van der Waals surface area contributed by atoms with Gasteiger partial charge in [-0.3, -0.25) is 9.59 Å². The van der Waals surface area contributed by atoms with E-state index in [1.165, 1.54) is 11.8 Å². The molecule has 32 heavy (non-hydrogen) atoms. The number of hydrogen-bond acceptors (Lipinski definition) is 7. The highest BCUT2D eigenvalue weighted by Gasteiger charge is 2.29. The monoisotopic (exact) mass is 451 g/mol. The summed E-state index contributed by atoms with van der Waals surface area (Å²) in [5.74, 6) is -0.624. The lowest BCUT2D eigenvalue weighted by Gasteiger charge is -2.11. The van der Waals surface area contributed by atoms with Gasteiger partial charge in [-0.1, -0.05) is 13.8 Å². The van der Waals surface area contributed by atoms with Gasteiger partial charge in [0.25, 0.3) is 0 Å². The number of nitrogens with zero attached hydrogens (tertiary/aromatic N) is 2. The summed E-state index contributed by atoms with van der Waals surface area (Å²) < 4.78 is 5.23. The topological polar surface area (TPSA) is 109 Å². The van der Waals surface area contributed by atoms with Crippen molar-refractivity contribution in [1.82, 2.24) is 4.98 Å². The largest absolute Gasteiger partial charge is 0.454 e. The van der Waals surface area contributed by atoms with Crippen molar-refractivity contribution in [3.63, 3.8) is 0 Å². The molecule has 1 N–H and O–H groups in total. The molecule has 1 heterocycles. The molecular weight excluding hydrogens is 426 g/mol. The molecular formula is C24H25N3O4S. The number of pyridine rings is 1. The second kappa shape index (κ2) is 10.4. The number of ether oxygens (including phenoxy) is 1. The number of nitrogens with one attached hydrogen (secondary N) is 1. The van der Waals surface area contributed by atoms with Gasteiger partial charge in [-0.2, -0.15) is 5.26 Å². The van der Waals surface area contributed by atoms with Gasteiger partial charge in [0.1, 0.15) is 11.1 Å². The molecule has 0 bridgehead atoms. The van der Waals surface area contributed by atoms with Crippen LogP contribution in [0.4, 0.5) is 5.69 Å². The Bertz CT molecular complexity index is 1070. The average molecular weight is 452 g/mol. The molecule has 0 unspecified atom stereocenters. The number of ketones is 1. The molecule has 0 radical (unpaired) electrons.